The van der Waals surface area contributed by atoms with Crippen molar-refractivity contribution < 1.29 is 4.79 Å². The lowest BCUT2D eigenvalue weighted by molar-refractivity contribution is 0.0721. The molecule has 3 nitrogen and oxygen atoms in total. The number of benzene rings is 1. The normalized spacial score (nSPS) is 14.6. The van der Waals surface area contributed by atoms with E-state index in [0.29, 0.717) is 12.0 Å². The molecule has 116 valence electrons. The van der Waals surface area contributed by atoms with E-state index in [1.165, 1.54) is 5.56 Å². The Labute approximate surface area is 132 Å². The van der Waals surface area contributed by atoms with Crippen molar-refractivity contribution in [2.45, 2.75) is 46.6 Å². The van der Waals surface area contributed by atoms with Crippen LogP contribution in [0.2, 0.25) is 0 Å². The lowest BCUT2D eigenvalue weighted by Crippen LogP contribution is -2.36. The molecule has 3 heteroatoms. The molecule has 1 fully saturated rings. The van der Waals surface area contributed by atoms with Crippen molar-refractivity contribution >= 4 is 16.8 Å². The van der Waals surface area contributed by atoms with Crippen LogP contribution >= 0.6 is 0 Å². The minimum atomic E-state index is 0.143. The summed E-state index contributed by atoms with van der Waals surface area (Å²) in [5.41, 5.74) is 3.74. The summed E-state index contributed by atoms with van der Waals surface area (Å²) in [6.07, 6.45) is 2.27. The number of fused-ring (bicyclic) bond motifs is 1. The number of carbonyl (C=O) groups excluding carboxylic acids is 1. The summed E-state index contributed by atoms with van der Waals surface area (Å²) in [6.45, 7) is 9.16. The molecule has 1 heterocycles. The number of hydrogen-bond acceptors (Lipinski definition) is 2. The first-order chi connectivity index (χ1) is 10.5. The quantitative estimate of drug-likeness (QED) is 0.850. The maximum absolute atomic E-state index is 13.0. The molecule has 1 aliphatic rings. The highest BCUT2D eigenvalue weighted by Gasteiger charge is 2.34. The number of pyridine rings is 1. The number of rotatable bonds is 4. The minimum absolute atomic E-state index is 0.143. The molecule has 1 aromatic heterocycles. The maximum atomic E-state index is 13.0. The Hall–Kier alpha value is -1.90. The smallest absolute Gasteiger partial charge is 0.255 e. The van der Waals surface area contributed by atoms with Crippen LogP contribution in [0, 0.1) is 19.8 Å². The van der Waals surface area contributed by atoms with Gasteiger partial charge in [-0.25, -0.2) is 0 Å². The first-order valence-electron chi connectivity index (χ1n) is 8.14. The zero-order valence-corrected chi connectivity index (χ0v) is 13.9. The van der Waals surface area contributed by atoms with Gasteiger partial charge >= 0.3 is 0 Å². The monoisotopic (exact) mass is 296 g/mol. The Balaban J connectivity index is 2.00. The van der Waals surface area contributed by atoms with E-state index < -0.39 is 0 Å². The summed E-state index contributed by atoms with van der Waals surface area (Å²) in [6, 6.07) is 8.64. The lowest BCUT2D eigenvalue weighted by atomic mass is 10.1. The summed E-state index contributed by atoms with van der Waals surface area (Å²) in [4.78, 5) is 19.7. The molecular weight excluding hydrogens is 272 g/mol. The first-order valence-corrected chi connectivity index (χ1v) is 8.14. The topological polar surface area (TPSA) is 33.2 Å². The SMILES string of the molecule is Cc1ccc2nc(C)c(C(=O)N(CC(C)C)C3CC3)cc2c1. The van der Waals surface area contributed by atoms with Crippen LogP contribution in [0.3, 0.4) is 0 Å². The molecule has 0 N–H and O–H groups in total. The predicted octanol–water partition coefficient (Wildman–Crippen LogP) is 4.11. The molecule has 3 rings (SSSR count). The van der Waals surface area contributed by atoms with Crippen LogP contribution < -0.4 is 0 Å². The molecule has 2 aromatic rings. The fourth-order valence-corrected chi connectivity index (χ4v) is 2.94. The van der Waals surface area contributed by atoms with Gasteiger partial charge in [0.25, 0.3) is 5.91 Å². The fraction of sp³-hybridized carbons (Fsp3) is 0.474. The van der Waals surface area contributed by atoms with Crippen molar-refractivity contribution in [1.82, 2.24) is 9.88 Å². The molecular formula is C19H24N2O. The highest BCUT2D eigenvalue weighted by Crippen LogP contribution is 2.30. The highest BCUT2D eigenvalue weighted by molar-refractivity contribution is 5.99. The van der Waals surface area contributed by atoms with Crippen molar-refractivity contribution in [3.05, 3.63) is 41.1 Å². The average Bonchev–Trinajstić information content (AvgIpc) is 3.28. The van der Waals surface area contributed by atoms with E-state index in [1.54, 1.807) is 0 Å². The second kappa shape index (κ2) is 5.71. The van der Waals surface area contributed by atoms with E-state index in [1.807, 2.05) is 19.1 Å². The second-order valence-electron chi connectivity index (χ2n) is 6.90. The number of hydrogen-bond donors (Lipinski definition) is 0. The molecule has 1 amide bonds. The largest absolute Gasteiger partial charge is 0.335 e. The third-order valence-corrected chi connectivity index (χ3v) is 4.20. The van der Waals surface area contributed by atoms with E-state index in [-0.39, 0.29) is 5.91 Å². The molecule has 1 aromatic carbocycles. The van der Waals surface area contributed by atoms with Crippen LogP contribution in [0.4, 0.5) is 0 Å². The van der Waals surface area contributed by atoms with Crippen molar-refractivity contribution in [3.8, 4) is 0 Å². The zero-order valence-electron chi connectivity index (χ0n) is 13.9. The van der Waals surface area contributed by atoms with Crippen molar-refractivity contribution in [2.75, 3.05) is 6.54 Å². The number of carbonyl (C=O) groups is 1. The minimum Gasteiger partial charge on any atom is -0.335 e. The van der Waals surface area contributed by atoms with E-state index in [9.17, 15) is 4.79 Å². The lowest BCUT2D eigenvalue weighted by Gasteiger charge is -2.25. The van der Waals surface area contributed by atoms with Gasteiger partial charge < -0.3 is 4.90 Å². The molecule has 0 saturated heterocycles. The standard InChI is InChI=1S/C19H24N2O/c1-12(2)11-21(16-6-7-16)19(22)17-10-15-9-13(3)5-8-18(15)20-14(17)4/h5,8-10,12,16H,6-7,11H2,1-4H3. The molecule has 0 spiro atoms. The van der Waals surface area contributed by atoms with Crippen molar-refractivity contribution in [2.24, 2.45) is 5.92 Å². The van der Waals surface area contributed by atoms with Gasteiger partial charge in [0.05, 0.1) is 16.8 Å². The van der Waals surface area contributed by atoms with Gasteiger partial charge in [-0.2, -0.15) is 0 Å². The Morgan fingerprint density at radius 3 is 2.64 bits per heavy atom. The summed E-state index contributed by atoms with van der Waals surface area (Å²) in [7, 11) is 0. The van der Waals surface area contributed by atoms with Gasteiger partial charge in [-0.1, -0.05) is 25.5 Å². The third kappa shape index (κ3) is 2.99. The average molecular weight is 296 g/mol. The van der Waals surface area contributed by atoms with E-state index in [2.05, 4.69) is 42.8 Å². The van der Waals surface area contributed by atoms with Crippen LogP contribution in [0.1, 0.15) is 48.3 Å². The zero-order chi connectivity index (χ0) is 15.9. The second-order valence-corrected chi connectivity index (χ2v) is 6.90. The maximum Gasteiger partial charge on any atom is 0.255 e. The Morgan fingerprint density at radius 2 is 2.00 bits per heavy atom. The molecule has 0 aliphatic heterocycles. The molecule has 0 atom stereocenters. The summed E-state index contributed by atoms with van der Waals surface area (Å²) < 4.78 is 0. The van der Waals surface area contributed by atoms with Crippen molar-refractivity contribution in [3.63, 3.8) is 0 Å². The van der Waals surface area contributed by atoms with E-state index >= 15 is 0 Å². The van der Waals surface area contributed by atoms with Crippen LogP contribution in [0.25, 0.3) is 10.9 Å². The van der Waals surface area contributed by atoms with Gasteiger partial charge in [0, 0.05) is 18.0 Å². The molecule has 1 aliphatic carbocycles. The predicted molar refractivity (Wildman–Crippen MR) is 90.1 cm³/mol. The Bertz CT molecular complexity index is 717. The van der Waals surface area contributed by atoms with Crippen LogP contribution in [0.5, 0.6) is 0 Å². The molecule has 0 unspecified atom stereocenters. The Kier molecular flexibility index (Phi) is 3.90. The first kappa shape index (κ1) is 15.0. The van der Waals surface area contributed by atoms with Crippen LogP contribution in [-0.2, 0) is 0 Å². The fourth-order valence-electron chi connectivity index (χ4n) is 2.94. The van der Waals surface area contributed by atoms with Gasteiger partial charge in [0.2, 0.25) is 0 Å². The summed E-state index contributed by atoms with van der Waals surface area (Å²) >= 11 is 0. The van der Waals surface area contributed by atoms with E-state index in [0.717, 1.165) is 41.5 Å². The molecule has 0 bridgehead atoms. The number of amides is 1. The van der Waals surface area contributed by atoms with Crippen molar-refractivity contribution in [1.29, 1.82) is 0 Å². The number of nitrogens with zero attached hydrogens (tertiary/aromatic N) is 2. The number of aryl methyl sites for hydroxylation is 2. The van der Waals surface area contributed by atoms with Gasteiger partial charge in [0.15, 0.2) is 0 Å². The van der Waals surface area contributed by atoms with E-state index in [4.69, 9.17) is 0 Å². The van der Waals surface area contributed by atoms with Crippen LogP contribution in [0.15, 0.2) is 24.3 Å². The number of aromatic nitrogens is 1. The van der Waals surface area contributed by atoms with Gasteiger partial charge in [-0.3, -0.25) is 9.78 Å². The molecule has 1 saturated carbocycles. The summed E-state index contributed by atoms with van der Waals surface area (Å²) in [5, 5.41) is 1.05. The summed E-state index contributed by atoms with van der Waals surface area (Å²) in [5.74, 6) is 0.630. The highest BCUT2D eigenvalue weighted by atomic mass is 16.2. The molecule has 0 radical (unpaired) electrons. The molecule has 22 heavy (non-hydrogen) atoms. The van der Waals surface area contributed by atoms with Crippen LogP contribution in [-0.4, -0.2) is 28.4 Å². The van der Waals surface area contributed by atoms with Gasteiger partial charge in [-0.05, 0) is 50.8 Å². The van der Waals surface area contributed by atoms with Gasteiger partial charge in [-0.15, -0.1) is 0 Å². The Morgan fingerprint density at radius 1 is 1.27 bits per heavy atom. The van der Waals surface area contributed by atoms with Gasteiger partial charge in [0.1, 0.15) is 0 Å². The third-order valence-electron chi connectivity index (χ3n) is 4.20.